The van der Waals surface area contributed by atoms with E-state index in [0.717, 1.165) is 36.9 Å². The van der Waals surface area contributed by atoms with Gasteiger partial charge in [0.25, 0.3) is 0 Å². The predicted octanol–water partition coefficient (Wildman–Crippen LogP) is 2.33. The molecule has 0 bridgehead atoms. The molecular formula is C20H25N9. The first-order valence-electron chi connectivity index (χ1n) is 9.81. The van der Waals surface area contributed by atoms with Crippen LogP contribution in [-0.4, -0.2) is 56.5 Å². The first kappa shape index (κ1) is 19.1. The molecule has 3 aromatic rings. The van der Waals surface area contributed by atoms with E-state index >= 15 is 0 Å². The fourth-order valence-electron chi connectivity index (χ4n) is 3.64. The van der Waals surface area contributed by atoms with Gasteiger partial charge in [-0.05, 0) is 43.4 Å². The average Bonchev–Trinajstić information content (AvgIpc) is 3.17. The Bertz CT molecular complexity index is 1000. The molecule has 1 aromatic carbocycles. The summed E-state index contributed by atoms with van der Waals surface area (Å²) in [5.74, 6) is 0.449. The minimum Gasteiger partial charge on any atom is -0.351 e. The van der Waals surface area contributed by atoms with E-state index in [1.165, 1.54) is 6.21 Å². The Labute approximate surface area is 169 Å². The molecule has 0 saturated heterocycles. The van der Waals surface area contributed by atoms with Gasteiger partial charge in [0.05, 0.1) is 17.8 Å². The van der Waals surface area contributed by atoms with Gasteiger partial charge in [0.15, 0.2) is 11.2 Å². The number of rotatable bonds is 6. The molecule has 1 atom stereocenters. The Morgan fingerprint density at radius 3 is 2.69 bits per heavy atom. The summed E-state index contributed by atoms with van der Waals surface area (Å²) >= 11 is 0. The standard InChI is InChI=1S/C20H25N9/c1-23-11-14(10-21)13-2-8-17(9-3-13)29-19-18(27-28-29)12-24-20(26-19)25-16-6-4-15(22)5-7-16/h2-3,8-12,14-16,21H,4-7,22H2,1H3,(H,24,25,26). The van der Waals surface area contributed by atoms with Crippen molar-refractivity contribution < 1.29 is 0 Å². The second kappa shape index (κ2) is 8.44. The van der Waals surface area contributed by atoms with E-state index < -0.39 is 0 Å². The molecule has 1 fully saturated rings. The van der Waals surface area contributed by atoms with Gasteiger partial charge in [0, 0.05) is 31.6 Å². The first-order valence-corrected chi connectivity index (χ1v) is 9.81. The van der Waals surface area contributed by atoms with Crippen molar-refractivity contribution in [2.45, 2.75) is 43.7 Å². The molecule has 0 aliphatic heterocycles. The van der Waals surface area contributed by atoms with Gasteiger partial charge < -0.3 is 16.5 Å². The molecule has 0 amide bonds. The number of aromatic nitrogens is 5. The molecule has 0 spiro atoms. The number of nitrogens with zero attached hydrogens (tertiary/aromatic N) is 6. The summed E-state index contributed by atoms with van der Waals surface area (Å²) in [6.07, 6.45) is 8.90. The van der Waals surface area contributed by atoms with Crippen LogP contribution in [0.5, 0.6) is 0 Å². The number of benzene rings is 1. The second-order valence-electron chi connectivity index (χ2n) is 7.35. The van der Waals surface area contributed by atoms with Crippen LogP contribution in [-0.2, 0) is 0 Å². The number of hydrogen-bond acceptors (Lipinski definition) is 8. The van der Waals surface area contributed by atoms with Crippen LogP contribution in [0.2, 0.25) is 0 Å². The Kier molecular flexibility index (Phi) is 5.57. The minimum absolute atomic E-state index is 0.136. The van der Waals surface area contributed by atoms with Crippen LogP contribution >= 0.6 is 0 Å². The highest BCUT2D eigenvalue weighted by atomic mass is 15.4. The van der Waals surface area contributed by atoms with Crippen molar-refractivity contribution in [1.29, 1.82) is 5.41 Å². The molecular weight excluding hydrogens is 366 g/mol. The number of nitrogens with two attached hydrogens (primary N) is 1. The van der Waals surface area contributed by atoms with Gasteiger partial charge in [-0.15, -0.1) is 5.10 Å². The smallest absolute Gasteiger partial charge is 0.225 e. The van der Waals surface area contributed by atoms with Crippen LogP contribution in [0.4, 0.5) is 5.95 Å². The molecule has 1 aliphatic carbocycles. The van der Waals surface area contributed by atoms with Crippen LogP contribution in [0.25, 0.3) is 16.9 Å². The third-order valence-electron chi connectivity index (χ3n) is 5.31. The van der Waals surface area contributed by atoms with E-state index in [9.17, 15) is 0 Å². The van der Waals surface area contributed by atoms with Gasteiger partial charge in [0.1, 0.15) is 0 Å². The maximum atomic E-state index is 7.57. The second-order valence-corrected chi connectivity index (χ2v) is 7.35. The zero-order chi connectivity index (χ0) is 20.2. The Balaban J connectivity index is 1.58. The van der Waals surface area contributed by atoms with E-state index in [2.05, 4.69) is 30.6 Å². The van der Waals surface area contributed by atoms with Crippen molar-refractivity contribution in [1.82, 2.24) is 25.0 Å². The van der Waals surface area contributed by atoms with Crippen LogP contribution in [0.1, 0.15) is 37.2 Å². The van der Waals surface area contributed by atoms with Crippen molar-refractivity contribution in [2.24, 2.45) is 10.7 Å². The molecule has 0 radical (unpaired) electrons. The average molecular weight is 391 g/mol. The lowest BCUT2D eigenvalue weighted by Crippen LogP contribution is -2.33. The molecule has 9 nitrogen and oxygen atoms in total. The number of fused-ring (bicyclic) bond motifs is 1. The van der Waals surface area contributed by atoms with Crippen LogP contribution in [0.15, 0.2) is 35.5 Å². The number of anilines is 1. The third-order valence-corrected chi connectivity index (χ3v) is 5.31. The fraction of sp³-hybridized carbons (Fsp3) is 0.400. The number of nitrogens with one attached hydrogen (secondary N) is 2. The van der Waals surface area contributed by atoms with E-state index in [-0.39, 0.29) is 5.92 Å². The van der Waals surface area contributed by atoms with Crippen LogP contribution in [0.3, 0.4) is 0 Å². The zero-order valence-corrected chi connectivity index (χ0v) is 16.4. The summed E-state index contributed by atoms with van der Waals surface area (Å²) in [6, 6.07) is 8.47. The molecule has 4 N–H and O–H groups in total. The van der Waals surface area contributed by atoms with Gasteiger partial charge in [0.2, 0.25) is 5.95 Å². The summed E-state index contributed by atoms with van der Waals surface area (Å²) in [5, 5.41) is 19.4. The van der Waals surface area contributed by atoms with Crippen molar-refractivity contribution >= 4 is 29.5 Å². The Morgan fingerprint density at radius 2 is 2.00 bits per heavy atom. The number of aliphatic imine (C=N–C) groups is 1. The summed E-state index contributed by atoms with van der Waals surface area (Å²) in [4.78, 5) is 13.1. The minimum atomic E-state index is -0.136. The van der Waals surface area contributed by atoms with Gasteiger partial charge in [-0.25, -0.2) is 4.98 Å². The Hall–Kier alpha value is -3.20. The van der Waals surface area contributed by atoms with Crippen molar-refractivity contribution in [3.63, 3.8) is 0 Å². The largest absolute Gasteiger partial charge is 0.351 e. The molecule has 4 rings (SSSR count). The molecule has 1 aliphatic rings. The summed E-state index contributed by atoms with van der Waals surface area (Å²) in [5.41, 5.74) is 9.13. The van der Waals surface area contributed by atoms with E-state index in [1.54, 1.807) is 24.1 Å². The third kappa shape index (κ3) is 4.14. The monoisotopic (exact) mass is 391 g/mol. The van der Waals surface area contributed by atoms with Gasteiger partial charge in [-0.3, -0.25) is 4.99 Å². The van der Waals surface area contributed by atoms with Crippen molar-refractivity contribution in [3.8, 4) is 5.69 Å². The molecule has 2 heterocycles. The van der Waals surface area contributed by atoms with Crippen LogP contribution < -0.4 is 11.1 Å². The summed E-state index contributed by atoms with van der Waals surface area (Å²) in [6.45, 7) is 0. The SMILES string of the molecule is CN=CC(C=N)c1ccc(-n2nnc3cnc(NC4CCC(N)CC4)nc32)cc1. The topological polar surface area (TPSA) is 131 Å². The highest BCUT2D eigenvalue weighted by Gasteiger charge is 2.19. The van der Waals surface area contributed by atoms with Gasteiger partial charge in [-0.2, -0.15) is 9.67 Å². The fourth-order valence-corrected chi connectivity index (χ4v) is 3.64. The predicted molar refractivity (Wildman–Crippen MR) is 114 cm³/mol. The maximum Gasteiger partial charge on any atom is 0.225 e. The zero-order valence-electron chi connectivity index (χ0n) is 16.4. The van der Waals surface area contributed by atoms with E-state index in [4.69, 9.17) is 11.1 Å². The normalized spacial score (nSPS) is 20.8. The van der Waals surface area contributed by atoms with Crippen molar-refractivity contribution in [3.05, 3.63) is 36.0 Å². The summed E-state index contributed by atoms with van der Waals surface area (Å²) < 4.78 is 1.70. The van der Waals surface area contributed by atoms with Gasteiger partial charge in [-0.1, -0.05) is 17.3 Å². The molecule has 150 valence electrons. The molecule has 1 saturated carbocycles. The maximum absolute atomic E-state index is 7.57. The lowest BCUT2D eigenvalue weighted by molar-refractivity contribution is 0.410. The first-order chi connectivity index (χ1) is 14.2. The highest BCUT2D eigenvalue weighted by molar-refractivity contribution is 5.89. The van der Waals surface area contributed by atoms with Gasteiger partial charge >= 0.3 is 0 Å². The lowest BCUT2D eigenvalue weighted by Gasteiger charge is -2.26. The lowest BCUT2D eigenvalue weighted by atomic mass is 9.92. The molecule has 29 heavy (non-hydrogen) atoms. The Morgan fingerprint density at radius 1 is 1.24 bits per heavy atom. The molecule has 2 aromatic heterocycles. The molecule has 9 heteroatoms. The summed E-state index contributed by atoms with van der Waals surface area (Å²) in [7, 11) is 1.71. The number of hydrogen-bond donors (Lipinski definition) is 3. The van der Waals surface area contributed by atoms with Crippen molar-refractivity contribution in [2.75, 3.05) is 12.4 Å². The van der Waals surface area contributed by atoms with E-state index in [0.29, 0.717) is 29.2 Å². The van der Waals surface area contributed by atoms with E-state index in [1.807, 2.05) is 24.3 Å². The highest BCUT2D eigenvalue weighted by Crippen LogP contribution is 2.22. The molecule has 1 unspecified atom stereocenters. The van der Waals surface area contributed by atoms with Crippen LogP contribution in [0, 0.1) is 5.41 Å². The quantitative estimate of drug-likeness (QED) is 0.553.